The normalized spacial score (nSPS) is 15.6. The van der Waals surface area contributed by atoms with Crippen LogP contribution in [0.4, 0.5) is 0 Å². The summed E-state index contributed by atoms with van der Waals surface area (Å²) in [6.45, 7) is 14.9. The average molecular weight is 994 g/mol. The van der Waals surface area contributed by atoms with E-state index in [4.69, 9.17) is 4.98 Å². The third-order valence-electron chi connectivity index (χ3n) is 11.3. The number of aliphatic hydroxyl groups is 1. The van der Waals surface area contributed by atoms with Crippen molar-refractivity contribution in [2.24, 2.45) is 11.8 Å². The van der Waals surface area contributed by atoms with Gasteiger partial charge in [0, 0.05) is 38.0 Å². The summed E-state index contributed by atoms with van der Waals surface area (Å²) in [4.78, 5) is 19.1. The van der Waals surface area contributed by atoms with E-state index >= 15 is 0 Å². The second-order valence-corrected chi connectivity index (χ2v) is 34.7. The van der Waals surface area contributed by atoms with E-state index in [2.05, 4.69) is 122 Å². The van der Waals surface area contributed by atoms with Crippen LogP contribution >= 0.6 is 0 Å². The summed E-state index contributed by atoms with van der Waals surface area (Å²) in [5.74, 6) is 10.7. The molecule has 4 aromatic rings. The van der Waals surface area contributed by atoms with Crippen LogP contribution in [0.5, 0.6) is 0 Å². The first-order valence-electron chi connectivity index (χ1n) is 19.0. The van der Waals surface area contributed by atoms with E-state index in [-0.39, 0.29) is 48.9 Å². The molecule has 0 spiro atoms. The maximum absolute atomic E-state index is 11.7. The first-order chi connectivity index (χ1) is 24.0. The molecule has 6 heteroatoms. The molecule has 0 amide bonds. The minimum atomic E-state index is -2.44. The predicted molar refractivity (Wildman–Crippen MR) is 226 cm³/mol. The fourth-order valence-corrected chi connectivity index (χ4v) is 18.9. The van der Waals surface area contributed by atoms with E-state index in [1.807, 2.05) is 33.9 Å². The number of benzene rings is 3. The van der Waals surface area contributed by atoms with E-state index in [0.29, 0.717) is 0 Å². The van der Waals surface area contributed by atoms with Crippen molar-refractivity contribution in [3.8, 4) is 11.3 Å². The van der Waals surface area contributed by atoms with E-state index < -0.39 is 26.5 Å². The van der Waals surface area contributed by atoms with E-state index in [9.17, 15) is 9.90 Å². The Morgan fingerprint density at radius 2 is 1.50 bits per heavy atom. The van der Waals surface area contributed by atoms with Crippen molar-refractivity contribution in [1.29, 1.82) is 0 Å². The van der Waals surface area contributed by atoms with Gasteiger partial charge >= 0.3 is 222 Å². The number of fused-ring (bicyclic) bond motifs is 3. The van der Waals surface area contributed by atoms with Crippen molar-refractivity contribution in [2.45, 2.75) is 103 Å². The number of hydrogen-bond donors (Lipinski definition) is 1. The molecule has 0 atom stereocenters. The number of hydrogen-bond acceptors (Lipinski definition) is 3. The van der Waals surface area contributed by atoms with Crippen molar-refractivity contribution in [3.05, 3.63) is 106 Å². The van der Waals surface area contributed by atoms with Gasteiger partial charge in [-0.3, -0.25) is 4.79 Å². The van der Waals surface area contributed by atoms with Crippen LogP contribution in [0.3, 0.4) is 0 Å². The molecule has 52 heavy (non-hydrogen) atoms. The number of pyridine rings is 1. The van der Waals surface area contributed by atoms with Gasteiger partial charge in [0.15, 0.2) is 5.78 Å². The summed E-state index contributed by atoms with van der Waals surface area (Å²) >= 11 is -4.43. The molecule has 2 aliphatic rings. The maximum atomic E-state index is 11.7. The second kappa shape index (κ2) is 16.9. The van der Waals surface area contributed by atoms with Gasteiger partial charge in [0.2, 0.25) is 0 Å². The van der Waals surface area contributed by atoms with Crippen LogP contribution in [0, 0.1) is 17.9 Å². The smallest absolute Gasteiger partial charge is 0.162 e. The van der Waals surface area contributed by atoms with Crippen LogP contribution in [0.15, 0.2) is 77.5 Å². The Morgan fingerprint density at radius 3 is 2.13 bits per heavy atom. The molecule has 3 aromatic carbocycles. The molecule has 0 bridgehead atoms. The van der Waals surface area contributed by atoms with E-state index in [1.165, 1.54) is 33.7 Å². The fraction of sp³-hybridized carbons (Fsp3) is 0.391. The molecule has 0 fully saturated rings. The van der Waals surface area contributed by atoms with Gasteiger partial charge in [-0.25, -0.2) is 0 Å². The van der Waals surface area contributed by atoms with Crippen molar-refractivity contribution < 1.29 is 30.0 Å². The van der Waals surface area contributed by atoms with Crippen molar-refractivity contribution in [1.82, 2.24) is 4.98 Å². The first-order valence-corrected chi connectivity index (χ1v) is 31.8. The van der Waals surface area contributed by atoms with Crippen LogP contribution in [0.25, 0.3) is 38.6 Å². The summed E-state index contributed by atoms with van der Waals surface area (Å²) in [6.07, 6.45) is 11.8. The second-order valence-electron chi connectivity index (χ2n) is 16.6. The Bertz CT molecular complexity index is 2020. The van der Waals surface area contributed by atoms with Gasteiger partial charge in [-0.05, 0) is 25.7 Å². The molecule has 277 valence electrons. The van der Waals surface area contributed by atoms with Crippen LogP contribution < -0.4 is 8.79 Å². The molecule has 0 aliphatic carbocycles. The molecule has 0 unspecified atom stereocenters. The van der Waals surface area contributed by atoms with Gasteiger partial charge in [-0.15, -0.1) is 0 Å². The zero-order valence-electron chi connectivity index (χ0n) is 33.2. The summed E-state index contributed by atoms with van der Waals surface area (Å²) in [5, 5.41) is 12.2. The van der Waals surface area contributed by atoms with Crippen molar-refractivity contribution in [3.63, 3.8) is 0 Å². The predicted octanol–water partition coefficient (Wildman–Crippen LogP) is 11.4. The quantitative estimate of drug-likeness (QED) is 0.0787. The van der Waals surface area contributed by atoms with E-state index in [1.54, 1.807) is 13.2 Å². The molecule has 3 heterocycles. The monoisotopic (exact) mass is 997 g/mol. The molecule has 3 nitrogen and oxygen atoms in total. The molecular weight excluding hydrogens is 936 g/mol. The maximum Gasteiger partial charge on any atom is 0.162 e. The van der Waals surface area contributed by atoms with Crippen molar-refractivity contribution >= 4 is 68.4 Å². The average Bonchev–Trinajstić information content (AvgIpc) is 3.54. The minimum absolute atomic E-state index is 0. The number of ketones is 1. The molecule has 0 saturated carbocycles. The number of nitrogens with zero attached hydrogens (tertiary/aromatic N) is 1. The molecule has 2 aliphatic heterocycles. The topological polar surface area (TPSA) is 50.2 Å². The number of aromatic nitrogens is 1. The van der Waals surface area contributed by atoms with Gasteiger partial charge in [0.1, 0.15) is 0 Å². The summed E-state index contributed by atoms with van der Waals surface area (Å²) < 4.78 is 4.82. The Morgan fingerprint density at radius 1 is 0.865 bits per heavy atom. The molecule has 1 radical (unpaired) electrons. The molecule has 6 rings (SSSR count). The number of aliphatic hydroxyl groups excluding tert-OH is 1. The number of carbonyl (C=O) groups is 1. The third kappa shape index (κ3) is 8.72. The SMILES string of the molecule is CC(C)(C)c1cc(-c2cc([C]3=Cc4c[c]5c(c[c]4[Ge]3([CH3])[CH3])C=[CH][Ge]5([CH3])[CH3])ccn2)[c-]c2ccccc12.CCC(CC)C(=O)/C=C(\O)C(CC)CC.[Ir]. The van der Waals surface area contributed by atoms with Crippen LogP contribution in [0.2, 0.25) is 23.0 Å². The number of allylic oxidation sites excluding steroid dienone is 2. The minimum Gasteiger partial charge on any atom is -0.512 e. The van der Waals surface area contributed by atoms with Gasteiger partial charge in [-0.2, -0.15) is 0 Å². The Balaban J connectivity index is 0.000000323. The largest absolute Gasteiger partial charge is 0.512 e. The Kier molecular flexibility index (Phi) is 13.7. The fourth-order valence-electron chi connectivity index (χ4n) is 7.82. The van der Waals surface area contributed by atoms with Crippen LogP contribution in [-0.4, -0.2) is 42.4 Å². The molecular formula is C46H58Ge2IrNO2-. The zero-order valence-corrected chi connectivity index (χ0v) is 39.8. The van der Waals surface area contributed by atoms with Crippen LogP contribution in [0.1, 0.15) is 96.4 Å². The summed E-state index contributed by atoms with van der Waals surface area (Å²) in [5.41, 5.74) is 7.78. The molecule has 1 N–H and O–H groups in total. The number of rotatable bonds is 9. The van der Waals surface area contributed by atoms with Gasteiger partial charge < -0.3 is 5.11 Å². The molecule has 1 aromatic heterocycles. The third-order valence-corrected chi connectivity index (χ3v) is 24.6. The summed E-state index contributed by atoms with van der Waals surface area (Å²) in [7, 11) is 0. The first kappa shape index (κ1) is 42.2. The molecule has 0 saturated heterocycles. The van der Waals surface area contributed by atoms with Gasteiger partial charge in [0.25, 0.3) is 0 Å². The number of carbonyl (C=O) groups excluding carboxylic acids is 1. The van der Waals surface area contributed by atoms with Gasteiger partial charge in [0.05, 0.1) is 5.76 Å². The summed E-state index contributed by atoms with van der Waals surface area (Å²) in [6, 6.07) is 24.2. The zero-order chi connectivity index (χ0) is 37.3. The van der Waals surface area contributed by atoms with Gasteiger partial charge in [-0.1, -0.05) is 27.7 Å². The van der Waals surface area contributed by atoms with Crippen LogP contribution in [-0.2, 0) is 30.3 Å². The van der Waals surface area contributed by atoms with E-state index in [0.717, 1.165) is 42.3 Å². The Labute approximate surface area is 332 Å². The Hall–Kier alpha value is -2.50. The van der Waals surface area contributed by atoms with Crippen molar-refractivity contribution in [2.75, 3.05) is 0 Å². The standard InChI is InChI=1S/C33H34Ge2N.C13H24O2.Ir/c1-33(2,3)28-17-26(16-22-10-8-9-11-27(22)28)32-21-24(13-15-36-32)30-20-25-19-29-23(12-14-34(29,4)5)18-31(25)35(30,6)7;1-5-10(6-2)12(14)9-13(15)11(7-3)8-4;/h8-15,17-21H,1-7H3;9-11,14H,5-8H2,1-4H3;/q-1;;/b;12-9-;.